The van der Waals surface area contributed by atoms with E-state index in [2.05, 4.69) is 0 Å². The van der Waals surface area contributed by atoms with Crippen LogP contribution in [0.15, 0.2) is 0 Å². The molecule has 1 heterocycles. The summed E-state index contributed by atoms with van der Waals surface area (Å²) in [7, 11) is 0. The SMILES string of the molecule is CC1CN(C(=O)CC(N)C2CC2)CCC1O. The molecular weight excluding hydrogens is 204 g/mol. The van der Waals surface area contributed by atoms with Gasteiger partial charge in [-0.05, 0) is 31.1 Å². The molecule has 2 aliphatic rings. The highest BCUT2D eigenvalue weighted by Gasteiger charge is 2.33. The van der Waals surface area contributed by atoms with E-state index in [9.17, 15) is 9.90 Å². The van der Waals surface area contributed by atoms with E-state index in [1.54, 1.807) is 0 Å². The second kappa shape index (κ2) is 4.72. The van der Waals surface area contributed by atoms with Gasteiger partial charge in [-0.3, -0.25) is 4.79 Å². The molecule has 1 saturated carbocycles. The van der Waals surface area contributed by atoms with Crippen LogP contribution in [0.25, 0.3) is 0 Å². The monoisotopic (exact) mass is 226 g/mol. The summed E-state index contributed by atoms with van der Waals surface area (Å²) < 4.78 is 0. The molecule has 3 atom stereocenters. The number of aliphatic hydroxyl groups excluding tert-OH is 1. The van der Waals surface area contributed by atoms with Gasteiger partial charge in [0.15, 0.2) is 0 Å². The number of hydrogen-bond donors (Lipinski definition) is 2. The Kier molecular flexibility index (Phi) is 3.50. The van der Waals surface area contributed by atoms with Crippen LogP contribution in [-0.4, -0.2) is 41.1 Å². The molecule has 3 N–H and O–H groups in total. The molecule has 16 heavy (non-hydrogen) atoms. The maximum Gasteiger partial charge on any atom is 0.224 e. The molecule has 4 nitrogen and oxygen atoms in total. The van der Waals surface area contributed by atoms with Gasteiger partial charge in [0, 0.05) is 25.6 Å². The van der Waals surface area contributed by atoms with Crippen molar-refractivity contribution < 1.29 is 9.90 Å². The van der Waals surface area contributed by atoms with Gasteiger partial charge in [-0.15, -0.1) is 0 Å². The third kappa shape index (κ3) is 2.74. The lowest BCUT2D eigenvalue weighted by Gasteiger charge is -2.35. The Balaban J connectivity index is 1.80. The van der Waals surface area contributed by atoms with E-state index in [1.807, 2.05) is 11.8 Å². The van der Waals surface area contributed by atoms with Crippen molar-refractivity contribution in [1.29, 1.82) is 0 Å². The summed E-state index contributed by atoms with van der Waals surface area (Å²) in [5, 5.41) is 9.59. The van der Waals surface area contributed by atoms with Crippen LogP contribution in [0, 0.1) is 11.8 Å². The molecule has 0 aromatic heterocycles. The smallest absolute Gasteiger partial charge is 0.224 e. The van der Waals surface area contributed by atoms with Crippen molar-refractivity contribution in [3.63, 3.8) is 0 Å². The van der Waals surface area contributed by atoms with E-state index in [-0.39, 0.29) is 24.0 Å². The Morgan fingerprint density at radius 1 is 1.50 bits per heavy atom. The summed E-state index contributed by atoms with van der Waals surface area (Å²) >= 11 is 0. The minimum absolute atomic E-state index is 0.0506. The summed E-state index contributed by atoms with van der Waals surface area (Å²) in [6, 6.07) is 0.0506. The third-order valence-electron chi connectivity index (χ3n) is 3.85. The predicted molar refractivity (Wildman–Crippen MR) is 61.7 cm³/mol. The second-order valence-electron chi connectivity index (χ2n) is 5.38. The maximum absolute atomic E-state index is 12.0. The van der Waals surface area contributed by atoms with Gasteiger partial charge in [-0.2, -0.15) is 0 Å². The standard InChI is InChI=1S/C12H22N2O2/c1-8-7-14(5-4-11(8)15)12(16)6-10(13)9-2-3-9/h8-11,15H,2-7,13H2,1H3. The maximum atomic E-state index is 12.0. The average molecular weight is 226 g/mol. The minimum atomic E-state index is -0.249. The number of likely N-dealkylation sites (tertiary alicyclic amines) is 1. The lowest BCUT2D eigenvalue weighted by atomic mass is 9.96. The molecule has 4 heteroatoms. The van der Waals surface area contributed by atoms with Gasteiger partial charge >= 0.3 is 0 Å². The fraction of sp³-hybridized carbons (Fsp3) is 0.917. The average Bonchev–Trinajstić information content (AvgIpc) is 3.05. The molecule has 1 aliphatic heterocycles. The van der Waals surface area contributed by atoms with Gasteiger partial charge in [-0.25, -0.2) is 0 Å². The summed E-state index contributed by atoms with van der Waals surface area (Å²) in [4.78, 5) is 13.8. The number of carbonyl (C=O) groups excluding carboxylic acids is 1. The van der Waals surface area contributed by atoms with Gasteiger partial charge in [0.1, 0.15) is 0 Å². The van der Waals surface area contributed by atoms with Crippen LogP contribution >= 0.6 is 0 Å². The van der Waals surface area contributed by atoms with Crippen LogP contribution in [-0.2, 0) is 4.79 Å². The zero-order valence-electron chi connectivity index (χ0n) is 9.93. The third-order valence-corrected chi connectivity index (χ3v) is 3.85. The van der Waals surface area contributed by atoms with E-state index < -0.39 is 0 Å². The van der Waals surface area contributed by atoms with Gasteiger partial charge in [-0.1, -0.05) is 6.92 Å². The van der Waals surface area contributed by atoms with E-state index in [4.69, 9.17) is 5.73 Å². The molecule has 1 saturated heterocycles. The molecule has 0 spiro atoms. The molecule has 1 aliphatic carbocycles. The second-order valence-corrected chi connectivity index (χ2v) is 5.38. The van der Waals surface area contributed by atoms with Crippen molar-refractivity contribution in [2.24, 2.45) is 17.6 Å². The Morgan fingerprint density at radius 2 is 2.19 bits per heavy atom. The molecule has 0 bridgehead atoms. The first-order valence-electron chi connectivity index (χ1n) is 6.29. The van der Waals surface area contributed by atoms with Crippen LogP contribution in [0.2, 0.25) is 0 Å². The zero-order valence-corrected chi connectivity index (χ0v) is 9.93. The Hall–Kier alpha value is -0.610. The first-order valence-corrected chi connectivity index (χ1v) is 6.29. The summed E-state index contributed by atoms with van der Waals surface area (Å²) in [5.41, 5.74) is 5.95. The van der Waals surface area contributed by atoms with E-state index in [0.717, 1.165) is 0 Å². The molecule has 92 valence electrons. The summed E-state index contributed by atoms with van der Waals surface area (Å²) in [6.45, 7) is 3.35. The number of carbonyl (C=O) groups is 1. The minimum Gasteiger partial charge on any atom is -0.393 e. The lowest BCUT2D eigenvalue weighted by Crippen LogP contribution is -2.46. The quantitative estimate of drug-likeness (QED) is 0.729. The van der Waals surface area contributed by atoms with Crippen LogP contribution in [0.5, 0.6) is 0 Å². The number of hydrogen-bond acceptors (Lipinski definition) is 3. The van der Waals surface area contributed by atoms with Gasteiger partial charge < -0.3 is 15.7 Å². The number of amides is 1. The van der Waals surface area contributed by atoms with Crippen LogP contribution in [0.1, 0.15) is 32.6 Å². The summed E-state index contributed by atoms with van der Waals surface area (Å²) in [6.07, 6.45) is 3.30. The van der Waals surface area contributed by atoms with Gasteiger partial charge in [0.25, 0.3) is 0 Å². The van der Waals surface area contributed by atoms with Crippen molar-refractivity contribution in [3.05, 3.63) is 0 Å². The molecule has 0 aromatic rings. The molecular formula is C12H22N2O2. The van der Waals surface area contributed by atoms with Crippen molar-refractivity contribution >= 4 is 5.91 Å². The lowest BCUT2D eigenvalue weighted by molar-refractivity contribution is -0.135. The molecule has 2 rings (SSSR count). The van der Waals surface area contributed by atoms with Crippen LogP contribution in [0.3, 0.4) is 0 Å². The van der Waals surface area contributed by atoms with Gasteiger partial charge in [0.05, 0.1) is 6.10 Å². The highest BCUT2D eigenvalue weighted by molar-refractivity contribution is 5.77. The van der Waals surface area contributed by atoms with E-state index in [1.165, 1.54) is 12.8 Å². The van der Waals surface area contributed by atoms with E-state index >= 15 is 0 Å². The van der Waals surface area contributed by atoms with Crippen molar-refractivity contribution in [1.82, 2.24) is 4.90 Å². The van der Waals surface area contributed by atoms with Crippen LogP contribution in [0.4, 0.5) is 0 Å². The number of piperidine rings is 1. The first-order chi connectivity index (χ1) is 7.58. The Bertz CT molecular complexity index is 266. The number of nitrogens with two attached hydrogens (primary N) is 1. The Labute approximate surface area is 96.8 Å². The van der Waals surface area contributed by atoms with Crippen molar-refractivity contribution in [2.45, 2.75) is 44.8 Å². The topological polar surface area (TPSA) is 66.6 Å². The van der Waals surface area contributed by atoms with Crippen LogP contribution < -0.4 is 5.73 Å². The van der Waals surface area contributed by atoms with Gasteiger partial charge in [0.2, 0.25) is 5.91 Å². The fourth-order valence-electron chi connectivity index (χ4n) is 2.38. The van der Waals surface area contributed by atoms with Crippen molar-refractivity contribution in [3.8, 4) is 0 Å². The highest BCUT2D eigenvalue weighted by atomic mass is 16.3. The molecule has 0 aromatic carbocycles. The Morgan fingerprint density at radius 3 is 2.75 bits per heavy atom. The largest absolute Gasteiger partial charge is 0.393 e. The molecule has 3 unspecified atom stereocenters. The molecule has 1 amide bonds. The molecule has 2 fully saturated rings. The first kappa shape index (κ1) is 11.9. The van der Waals surface area contributed by atoms with E-state index in [0.29, 0.717) is 31.8 Å². The zero-order chi connectivity index (χ0) is 11.7. The fourth-order valence-corrected chi connectivity index (χ4v) is 2.38. The van der Waals surface area contributed by atoms with Crippen molar-refractivity contribution in [2.75, 3.05) is 13.1 Å². The number of rotatable bonds is 3. The number of nitrogens with zero attached hydrogens (tertiary/aromatic N) is 1. The highest BCUT2D eigenvalue weighted by Crippen LogP contribution is 2.33. The summed E-state index contributed by atoms with van der Waals surface area (Å²) in [5.74, 6) is 0.935. The normalized spacial score (nSPS) is 32.6. The predicted octanol–water partition coefficient (Wildman–Crippen LogP) is 0.343. The number of aliphatic hydroxyl groups is 1. The molecule has 0 radical (unpaired) electrons.